The quantitative estimate of drug-likeness (QED) is 0.554. The number of nitrogens with one attached hydrogen (secondary N) is 1. The van der Waals surface area contributed by atoms with E-state index in [9.17, 15) is 25.3 Å². The van der Waals surface area contributed by atoms with Crippen LogP contribution in [0.3, 0.4) is 0 Å². The zero-order chi connectivity index (χ0) is 17.3. The number of benzene rings is 2. The summed E-state index contributed by atoms with van der Waals surface area (Å²) in [7, 11) is 0. The molecule has 2 aromatic carbocycles. The third-order valence-corrected chi connectivity index (χ3v) is 3.36. The highest BCUT2D eigenvalue weighted by molar-refractivity contribution is 6.02. The number of phenols is 1. The van der Waals surface area contributed by atoms with Gasteiger partial charge in [0.1, 0.15) is 17.0 Å². The number of fused-ring (bicyclic) bond motifs is 1. The molecule has 9 heteroatoms. The Kier molecular flexibility index (Phi) is 3.66. The van der Waals surface area contributed by atoms with Crippen LogP contribution in [0.1, 0.15) is 0 Å². The Labute approximate surface area is 134 Å². The van der Waals surface area contributed by atoms with Crippen molar-refractivity contribution in [1.29, 1.82) is 0 Å². The van der Waals surface area contributed by atoms with Crippen molar-refractivity contribution in [3.8, 4) is 5.75 Å². The molecule has 3 rings (SSSR count). The Morgan fingerprint density at radius 1 is 1.00 bits per heavy atom. The second kappa shape index (κ2) is 5.80. The summed E-state index contributed by atoms with van der Waals surface area (Å²) in [6.45, 7) is 0. The first-order chi connectivity index (χ1) is 11.5. The predicted octanol–water partition coefficient (Wildman–Crippen LogP) is 3.50. The number of aromatic hydroxyl groups is 1. The lowest BCUT2D eigenvalue weighted by Crippen LogP contribution is -2.01. The molecule has 9 nitrogen and oxygen atoms in total. The summed E-state index contributed by atoms with van der Waals surface area (Å²) in [5.41, 5.74) is -0.366. The zero-order valence-electron chi connectivity index (χ0n) is 12.0. The van der Waals surface area contributed by atoms with E-state index in [4.69, 9.17) is 0 Å². The molecule has 1 aromatic heterocycles. The van der Waals surface area contributed by atoms with Crippen LogP contribution in [0.25, 0.3) is 10.9 Å². The van der Waals surface area contributed by atoms with Gasteiger partial charge in [0, 0.05) is 18.0 Å². The SMILES string of the molecule is O=[N+]([O-])c1cc([N+](=O)[O-])c2cccnc2c1Nc1cccc(O)c1. The summed E-state index contributed by atoms with van der Waals surface area (Å²) >= 11 is 0. The molecule has 0 saturated heterocycles. The van der Waals surface area contributed by atoms with Crippen LogP contribution >= 0.6 is 0 Å². The second-order valence-electron chi connectivity index (χ2n) is 4.88. The van der Waals surface area contributed by atoms with Gasteiger partial charge in [0.05, 0.1) is 21.3 Å². The number of hydrogen-bond donors (Lipinski definition) is 2. The van der Waals surface area contributed by atoms with Gasteiger partial charge in [-0.2, -0.15) is 0 Å². The minimum Gasteiger partial charge on any atom is -0.508 e. The predicted molar refractivity (Wildman–Crippen MR) is 86.4 cm³/mol. The fourth-order valence-electron chi connectivity index (χ4n) is 2.36. The second-order valence-corrected chi connectivity index (χ2v) is 4.88. The van der Waals surface area contributed by atoms with Gasteiger partial charge in [0.2, 0.25) is 0 Å². The normalized spacial score (nSPS) is 10.5. The Morgan fingerprint density at radius 2 is 1.75 bits per heavy atom. The highest BCUT2D eigenvalue weighted by Crippen LogP contribution is 2.39. The van der Waals surface area contributed by atoms with Crippen molar-refractivity contribution in [3.05, 3.63) is 68.9 Å². The van der Waals surface area contributed by atoms with E-state index in [1.54, 1.807) is 12.1 Å². The molecule has 1 heterocycles. The molecule has 24 heavy (non-hydrogen) atoms. The van der Waals surface area contributed by atoms with Gasteiger partial charge >= 0.3 is 5.69 Å². The molecule has 0 aliphatic rings. The van der Waals surface area contributed by atoms with Crippen molar-refractivity contribution in [2.75, 3.05) is 5.32 Å². The number of anilines is 2. The summed E-state index contributed by atoms with van der Waals surface area (Å²) in [6, 6.07) is 9.86. The van der Waals surface area contributed by atoms with Gasteiger partial charge in [-0.05, 0) is 24.3 Å². The zero-order valence-corrected chi connectivity index (χ0v) is 12.0. The van der Waals surface area contributed by atoms with Crippen molar-refractivity contribution >= 4 is 33.7 Å². The van der Waals surface area contributed by atoms with Crippen LogP contribution in [-0.2, 0) is 0 Å². The molecule has 0 atom stereocenters. The molecule has 0 spiro atoms. The van der Waals surface area contributed by atoms with Crippen LogP contribution in [0.5, 0.6) is 5.75 Å². The van der Waals surface area contributed by atoms with Crippen molar-refractivity contribution < 1.29 is 15.0 Å². The number of hydrogen-bond acceptors (Lipinski definition) is 7. The van der Waals surface area contributed by atoms with Crippen LogP contribution in [0, 0.1) is 20.2 Å². The van der Waals surface area contributed by atoms with Crippen LogP contribution < -0.4 is 5.32 Å². The van der Waals surface area contributed by atoms with E-state index in [0.29, 0.717) is 5.69 Å². The molecule has 2 N–H and O–H groups in total. The average molecular weight is 326 g/mol. The molecular formula is C15H10N4O5. The molecule has 0 amide bonds. The van der Waals surface area contributed by atoms with Crippen LogP contribution in [0.4, 0.5) is 22.7 Å². The first kappa shape index (κ1) is 15.2. The summed E-state index contributed by atoms with van der Waals surface area (Å²) in [5, 5.41) is 35.1. The first-order valence-corrected chi connectivity index (χ1v) is 6.74. The fourth-order valence-corrected chi connectivity index (χ4v) is 2.36. The topological polar surface area (TPSA) is 131 Å². The Hall–Kier alpha value is -3.75. The number of nitro groups is 2. The van der Waals surface area contributed by atoms with Crippen LogP contribution in [0.2, 0.25) is 0 Å². The fraction of sp³-hybridized carbons (Fsp3) is 0. The van der Waals surface area contributed by atoms with Crippen molar-refractivity contribution in [2.24, 2.45) is 0 Å². The monoisotopic (exact) mass is 326 g/mol. The summed E-state index contributed by atoms with van der Waals surface area (Å²) in [6.07, 6.45) is 1.39. The minimum atomic E-state index is -0.716. The number of nitrogens with zero attached hydrogens (tertiary/aromatic N) is 3. The van der Waals surface area contributed by atoms with Gasteiger partial charge in [-0.3, -0.25) is 25.2 Å². The van der Waals surface area contributed by atoms with E-state index in [1.807, 2.05) is 0 Å². The molecule has 3 aromatic rings. The molecule has 0 radical (unpaired) electrons. The number of nitro benzene ring substituents is 2. The number of aromatic nitrogens is 1. The third-order valence-electron chi connectivity index (χ3n) is 3.36. The maximum Gasteiger partial charge on any atom is 0.301 e. The molecule has 0 bridgehead atoms. The van der Waals surface area contributed by atoms with Crippen molar-refractivity contribution in [1.82, 2.24) is 4.98 Å². The lowest BCUT2D eigenvalue weighted by Gasteiger charge is -2.10. The standard InChI is InChI=1S/C15H10N4O5/c20-10-4-1-3-9(7-10)17-15-13(19(23)24)8-12(18(21)22)11-5-2-6-16-14(11)15/h1-8,17,20H. The molecular weight excluding hydrogens is 316 g/mol. The van der Waals surface area contributed by atoms with Gasteiger partial charge in [-0.25, -0.2) is 0 Å². The largest absolute Gasteiger partial charge is 0.508 e. The van der Waals surface area contributed by atoms with E-state index >= 15 is 0 Å². The van der Waals surface area contributed by atoms with E-state index < -0.39 is 21.2 Å². The van der Waals surface area contributed by atoms with E-state index in [2.05, 4.69) is 10.3 Å². The highest BCUT2D eigenvalue weighted by Gasteiger charge is 2.26. The third kappa shape index (κ3) is 2.65. The first-order valence-electron chi connectivity index (χ1n) is 6.74. The van der Waals surface area contributed by atoms with Crippen LogP contribution in [-0.4, -0.2) is 19.9 Å². The highest BCUT2D eigenvalue weighted by atomic mass is 16.6. The van der Waals surface area contributed by atoms with E-state index in [-0.39, 0.29) is 22.3 Å². The molecule has 0 aliphatic carbocycles. The summed E-state index contributed by atoms with van der Waals surface area (Å²) in [4.78, 5) is 25.2. The summed E-state index contributed by atoms with van der Waals surface area (Å²) in [5.74, 6) is -0.0261. The maximum atomic E-state index is 11.4. The van der Waals surface area contributed by atoms with Crippen LogP contribution in [0.15, 0.2) is 48.7 Å². The van der Waals surface area contributed by atoms with Gasteiger partial charge < -0.3 is 10.4 Å². The van der Waals surface area contributed by atoms with E-state index in [1.165, 1.54) is 30.5 Å². The average Bonchev–Trinajstić information content (AvgIpc) is 2.54. The minimum absolute atomic E-state index is 0.0202. The van der Waals surface area contributed by atoms with Crippen molar-refractivity contribution in [3.63, 3.8) is 0 Å². The lowest BCUT2D eigenvalue weighted by atomic mass is 10.1. The number of pyridine rings is 1. The van der Waals surface area contributed by atoms with E-state index in [0.717, 1.165) is 6.07 Å². The number of phenolic OH excluding ortho intramolecular Hbond substituents is 1. The Balaban J connectivity index is 2.29. The maximum absolute atomic E-state index is 11.4. The Morgan fingerprint density at radius 3 is 2.42 bits per heavy atom. The van der Waals surface area contributed by atoms with Gasteiger partial charge in [0.25, 0.3) is 5.69 Å². The van der Waals surface area contributed by atoms with Crippen molar-refractivity contribution in [2.45, 2.75) is 0 Å². The number of non-ortho nitro benzene ring substituents is 1. The molecule has 0 unspecified atom stereocenters. The molecule has 0 saturated carbocycles. The number of rotatable bonds is 4. The molecule has 120 valence electrons. The smallest absolute Gasteiger partial charge is 0.301 e. The van der Waals surface area contributed by atoms with Gasteiger partial charge in [-0.15, -0.1) is 0 Å². The van der Waals surface area contributed by atoms with Gasteiger partial charge in [-0.1, -0.05) is 6.07 Å². The molecule has 0 aliphatic heterocycles. The summed E-state index contributed by atoms with van der Waals surface area (Å²) < 4.78 is 0. The molecule has 0 fully saturated rings. The lowest BCUT2D eigenvalue weighted by molar-refractivity contribution is -0.392. The Bertz CT molecular complexity index is 973. The van der Waals surface area contributed by atoms with Gasteiger partial charge in [0.15, 0.2) is 0 Å².